The Hall–Kier alpha value is -3.20. The lowest BCUT2D eigenvalue weighted by Crippen LogP contribution is -3.12. The molecule has 3 aromatic rings. The summed E-state index contributed by atoms with van der Waals surface area (Å²) in [4.78, 5) is 14.3. The van der Waals surface area contributed by atoms with Crippen LogP contribution in [0.5, 0.6) is 23.0 Å². The fraction of sp³-hybridized carbons (Fsp3) is 0.375. The van der Waals surface area contributed by atoms with Crippen LogP contribution < -0.4 is 19.8 Å². The van der Waals surface area contributed by atoms with E-state index in [1.165, 1.54) is 43.5 Å². The van der Waals surface area contributed by atoms with Gasteiger partial charge in [0, 0.05) is 5.92 Å². The predicted octanol–water partition coefficient (Wildman–Crippen LogP) is 4.13. The van der Waals surface area contributed by atoms with Crippen molar-refractivity contribution in [1.82, 2.24) is 0 Å². The first-order valence-corrected chi connectivity index (χ1v) is 10.7. The summed E-state index contributed by atoms with van der Waals surface area (Å²) in [7, 11) is 1.45. The third-order valence-electron chi connectivity index (χ3n) is 5.92. The Morgan fingerprint density at radius 1 is 1.15 bits per heavy atom. The van der Waals surface area contributed by atoms with Gasteiger partial charge in [0.2, 0.25) is 11.2 Å². The van der Waals surface area contributed by atoms with Crippen molar-refractivity contribution in [3.05, 3.63) is 57.9 Å². The van der Waals surface area contributed by atoms with E-state index < -0.39 is 23.1 Å². The minimum absolute atomic E-state index is 0.0266. The molecule has 33 heavy (non-hydrogen) atoms. The van der Waals surface area contributed by atoms with Gasteiger partial charge in [-0.1, -0.05) is 6.92 Å². The number of phenols is 1. The Labute approximate surface area is 188 Å². The summed E-state index contributed by atoms with van der Waals surface area (Å²) in [6.45, 7) is 4.03. The molecule has 2 heterocycles. The minimum Gasteiger partial charge on any atom is -0.507 e. The number of rotatable bonds is 5. The Kier molecular flexibility index (Phi) is 6.25. The van der Waals surface area contributed by atoms with E-state index in [1.54, 1.807) is 0 Å². The number of nitrogens with one attached hydrogen (secondary N) is 1. The Morgan fingerprint density at radius 3 is 2.48 bits per heavy atom. The number of quaternary nitrogens is 1. The van der Waals surface area contributed by atoms with E-state index in [9.17, 15) is 23.1 Å². The van der Waals surface area contributed by atoms with Crippen LogP contribution in [0.3, 0.4) is 0 Å². The molecule has 1 unspecified atom stereocenters. The van der Waals surface area contributed by atoms with E-state index in [-0.39, 0.29) is 34.6 Å². The minimum atomic E-state index is -4.98. The average Bonchev–Trinajstić information content (AvgIpc) is 2.77. The monoisotopic (exact) mass is 464 g/mol. The highest BCUT2D eigenvalue weighted by Crippen LogP contribution is 2.40. The molecule has 1 aliphatic heterocycles. The van der Waals surface area contributed by atoms with Gasteiger partial charge in [-0.25, -0.2) is 0 Å². The Balaban J connectivity index is 1.83. The number of aromatic hydroxyl groups is 1. The van der Waals surface area contributed by atoms with E-state index in [0.717, 1.165) is 30.8 Å². The van der Waals surface area contributed by atoms with Gasteiger partial charge in [0.05, 0.1) is 31.1 Å². The number of benzene rings is 2. The first-order chi connectivity index (χ1) is 15.7. The molecule has 0 radical (unpaired) electrons. The second-order valence-corrected chi connectivity index (χ2v) is 8.43. The number of methoxy groups -OCH3 is 1. The molecule has 176 valence electrons. The number of piperidine rings is 1. The molecule has 1 fully saturated rings. The summed E-state index contributed by atoms with van der Waals surface area (Å²) in [5, 5.41) is 10.4. The Morgan fingerprint density at radius 2 is 1.85 bits per heavy atom. The summed E-state index contributed by atoms with van der Waals surface area (Å²) in [5.74, 6) is -1.71. The SMILES string of the molecule is COc1ccc(Oc2c(C(F)(F)F)oc3c(C[NH+]4CCC[C@@H](C)C4)c(O)ccc3c2=O)cc1. The molecule has 2 N–H and O–H groups in total. The second-order valence-electron chi connectivity index (χ2n) is 8.43. The molecule has 0 bridgehead atoms. The molecule has 1 aromatic heterocycles. The van der Waals surface area contributed by atoms with E-state index in [2.05, 4.69) is 6.92 Å². The van der Waals surface area contributed by atoms with Crippen molar-refractivity contribution in [1.29, 1.82) is 0 Å². The third kappa shape index (κ3) is 4.78. The number of phenolic OH excluding ortho intramolecular Hbond substituents is 1. The van der Waals surface area contributed by atoms with E-state index in [1.807, 2.05) is 0 Å². The maximum Gasteiger partial charge on any atom is 0.453 e. The summed E-state index contributed by atoms with van der Waals surface area (Å²) < 4.78 is 57.4. The van der Waals surface area contributed by atoms with Crippen LogP contribution in [-0.2, 0) is 12.7 Å². The van der Waals surface area contributed by atoms with Gasteiger partial charge in [-0.05, 0) is 49.2 Å². The van der Waals surface area contributed by atoms with Crippen LogP contribution in [0.15, 0.2) is 45.6 Å². The quantitative estimate of drug-likeness (QED) is 0.594. The van der Waals surface area contributed by atoms with Gasteiger partial charge in [0.15, 0.2) is 5.58 Å². The van der Waals surface area contributed by atoms with Gasteiger partial charge < -0.3 is 23.9 Å². The average molecular weight is 464 g/mol. The normalized spacial score (nSPS) is 18.9. The van der Waals surface area contributed by atoms with Gasteiger partial charge in [-0.2, -0.15) is 13.2 Å². The largest absolute Gasteiger partial charge is 0.507 e. The first kappa shape index (κ1) is 23.0. The van der Waals surface area contributed by atoms with Gasteiger partial charge in [0.25, 0.3) is 5.76 Å². The lowest BCUT2D eigenvalue weighted by Gasteiger charge is -2.28. The molecule has 1 aliphatic rings. The molecule has 0 amide bonds. The van der Waals surface area contributed by atoms with Crippen molar-refractivity contribution in [3.63, 3.8) is 0 Å². The molecule has 0 saturated carbocycles. The zero-order valence-electron chi connectivity index (χ0n) is 18.3. The smallest absolute Gasteiger partial charge is 0.453 e. The topological polar surface area (TPSA) is 73.3 Å². The number of hydrogen-bond acceptors (Lipinski definition) is 5. The lowest BCUT2D eigenvalue weighted by atomic mass is 9.99. The van der Waals surface area contributed by atoms with Crippen molar-refractivity contribution >= 4 is 11.0 Å². The number of fused-ring (bicyclic) bond motifs is 1. The van der Waals surface area contributed by atoms with Crippen LogP contribution in [0.1, 0.15) is 31.1 Å². The zero-order valence-corrected chi connectivity index (χ0v) is 18.3. The van der Waals surface area contributed by atoms with E-state index >= 15 is 0 Å². The van der Waals surface area contributed by atoms with Crippen molar-refractivity contribution in [2.45, 2.75) is 32.5 Å². The molecular weight excluding hydrogens is 439 g/mol. The summed E-state index contributed by atoms with van der Waals surface area (Å²) in [6, 6.07) is 8.37. The fourth-order valence-corrected chi connectivity index (χ4v) is 4.31. The highest BCUT2D eigenvalue weighted by molar-refractivity contribution is 5.83. The maximum atomic E-state index is 13.9. The molecule has 6 nitrogen and oxygen atoms in total. The highest BCUT2D eigenvalue weighted by atomic mass is 19.4. The van der Waals surface area contributed by atoms with E-state index in [0.29, 0.717) is 11.7 Å². The number of halogens is 3. The zero-order chi connectivity index (χ0) is 23.8. The van der Waals surface area contributed by atoms with E-state index in [4.69, 9.17) is 13.9 Å². The maximum absolute atomic E-state index is 13.9. The van der Waals surface area contributed by atoms with Gasteiger partial charge >= 0.3 is 6.18 Å². The van der Waals surface area contributed by atoms with Crippen molar-refractivity contribution in [2.24, 2.45) is 5.92 Å². The van der Waals surface area contributed by atoms with Gasteiger partial charge in [-0.3, -0.25) is 4.79 Å². The molecule has 4 rings (SSSR count). The van der Waals surface area contributed by atoms with Crippen LogP contribution >= 0.6 is 0 Å². The summed E-state index contributed by atoms with van der Waals surface area (Å²) in [5.41, 5.74) is -1.03. The van der Waals surface area contributed by atoms with Crippen LogP contribution in [0.4, 0.5) is 13.2 Å². The van der Waals surface area contributed by atoms with Crippen molar-refractivity contribution in [2.75, 3.05) is 20.2 Å². The molecule has 0 spiro atoms. The number of ether oxygens (including phenoxy) is 2. The van der Waals surface area contributed by atoms with Crippen LogP contribution in [0, 0.1) is 5.92 Å². The molecule has 1 saturated heterocycles. The lowest BCUT2D eigenvalue weighted by molar-refractivity contribution is -0.922. The van der Waals surface area contributed by atoms with Crippen LogP contribution in [0.25, 0.3) is 11.0 Å². The first-order valence-electron chi connectivity index (χ1n) is 10.7. The standard InChI is InChI=1S/C24H24F3NO5/c1-14-4-3-11-28(12-14)13-18-19(29)10-9-17-20(30)22(23(24(25,26)27)33-21(17)18)32-16-7-5-15(31-2)6-8-16/h5-10,14,29H,3-4,11-13H2,1-2H3/p+1/t14-/m1/s1. The number of likely N-dealkylation sites (tertiary alicyclic amines) is 1. The molecule has 0 aliphatic carbocycles. The van der Waals surface area contributed by atoms with Crippen LogP contribution in [0.2, 0.25) is 0 Å². The molecule has 2 aromatic carbocycles. The fourth-order valence-electron chi connectivity index (χ4n) is 4.31. The Bertz CT molecular complexity index is 1200. The number of hydrogen-bond donors (Lipinski definition) is 2. The van der Waals surface area contributed by atoms with Crippen molar-refractivity contribution in [3.8, 4) is 23.0 Å². The molecular formula is C24H25F3NO5+. The highest BCUT2D eigenvalue weighted by Gasteiger charge is 2.41. The van der Waals surface area contributed by atoms with Gasteiger partial charge in [-0.15, -0.1) is 0 Å². The summed E-state index contributed by atoms with van der Waals surface area (Å²) >= 11 is 0. The number of alkyl halides is 3. The van der Waals surface area contributed by atoms with Crippen LogP contribution in [-0.4, -0.2) is 25.3 Å². The van der Waals surface area contributed by atoms with Crippen molar-refractivity contribution < 1.29 is 37.1 Å². The third-order valence-corrected chi connectivity index (χ3v) is 5.92. The molecule has 2 atom stereocenters. The summed E-state index contributed by atoms with van der Waals surface area (Å²) in [6.07, 6.45) is -2.91. The van der Waals surface area contributed by atoms with Gasteiger partial charge in [0.1, 0.15) is 23.8 Å². The predicted molar refractivity (Wildman–Crippen MR) is 115 cm³/mol. The second kappa shape index (κ2) is 8.97. The molecule has 9 heteroatoms.